The quantitative estimate of drug-likeness (QED) is 0.741. The first-order valence-electron chi connectivity index (χ1n) is 7.85. The summed E-state index contributed by atoms with van der Waals surface area (Å²) in [5, 5.41) is 0. The summed E-state index contributed by atoms with van der Waals surface area (Å²) in [5.41, 5.74) is 7.02. The molecule has 4 heteroatoms. The third-order valence-electron chi connectivity index (χ3n) is 4.44. The Hall–Kier alpha value is -1.25. The molecule has 0 aliphatic heterocycles. The molecule has 2 rings (SSSR count). The molecule has 0 saturated heterocycles. The standard InChI is InChI=1S/C19H27O3P/c1-11-7-13(3)17(14(4)8-11)19(23(20,21)22)18-15(5)9-12(2)10-16(18)6/h7-10,19-23H,1-6H3. The van der Waals surface area contributed by atoms with Gasteiger partial charge in [0.1, 0.15) is 0 Å². The average molecular weight is 334 g/mol. The number of hydrogen-bond acceptors (Lipinski definition) is 3. The van der Waals surface area contributed by atoms with Gasteiger partial charge in [-0.05, 0) is 0 Å². The molecule has 0 aliphatic rings. The molecule has 0 amide bonds. The van der Waals surface area contributed by atoms with Crippen molar-refractivity contribution in [2.45, 2.75) is 47.2 Å². The normalized spacial score (nSPS) is 12.8. The van der Waals surface area contributed by atoms with Gasteiger partial charge in [0.05, 0.1) is 0 Å². The Morgan fingerprint density at radius 3 is 1.09 bits per heavy atom. The molecule has 0 fully saturated rings. The van der Waals surface area contributed by atoms with Gasteiger partial charge in [0.15, 0.2) is 0 Å². The molecule has 2 aromatic rings. The van der Waals surface area contributed by atoms with Crippen molar-refractivity contribution in [3.8, 4) is 0 Å². The van der Waals surface area contributed by atoms with Crippen molar-refractivity contribution in [3.05, 3.63) is 68.8 Å². The molecule has 0 bridgehead atoms. The maximum atomic E-state index is 10.3. The summed E-state index contributed by atoms with van der Waals surface area (Å²) in [5.74, 6) is 0. The monoisotopic (exact) mass is 334 g/mol. The summed E-state index contributed by atoms with van der Waals surface area (Å²) in [6, 6.07) is 8.09. The van der Waals surface area contributed by atoms with Gasteiger partial charge in [-0.25, -0.2) is 0 Å². The Kier molecular flexibility index (Phi) is 4.98. The van der Waals surface area contributed by atoms with Crippen LogP contribution in [0, 0.1) is 41.5 Å². The van der Waals surface area contributed by atoms with Crippen LogP contribution in [0.25, 0.3) is 0 Å². The summed E-state index contributed by atoms with van der Waals surface area (Å²) in [6.07, 6.45) is 0. The minimum atomic E-state index is -4.43. The van der Waals surface area contributed by atoms with Crippen molar-refractivity contribution in [1.29, 1.82) is 0 Å². The van der Waals surface area contributed by atoms with E-state index in [0.29, 0.717) is 0 Å². The van der Waals surface area contributed by atoms with Crippen LogP contribution in [-0.4, -0.2) is 14.7 Å². The van der Waals surface area contributed by atoms with E-state index in [1.807, 2.05) is 65.8 Å². The van der Waals surface area contributed by atoms with Gasteiger partial charge in [-0.3, -0.25) is 0 Å². The van der Waals surface area contributed by atoms with Crippen molar-refractivity contribution in [3.63, 3.8) is 0 Å². The van der Waals surface area contributed by atoms with Crippen LogP contribution in [-0.2, 0) is 0 Å². The van der Waals surface area contributed by atoms with Gasteiger partial charge >= 0.3 is 139 Å². The van der Waals surface area contributed by atoms with E-state index in [-0.39, 0.29) is 0 Å². The van der Waals surface area contributed by atoms with E-state index in [1.165, 1.54) is 0 Å². The molecule has 23 heavy (non-hydrogen) atoms. The predicted molar refractivity (Wildman–Crippen MR) is 98.1 cm³/mol. The average Bonchev–Trinajstić information content (AvgIpc) is 2.33. The zero-order valence-electron chi connectivity index (χ0n) is 14.7. The first-order valence-corrected chi connectivity index (χ1v) is 9.77. The fourth-order valence-electron chi connectivity index (χ4n) is 3.82. The number of hydrogen-bond donors (Lipinski definition) is 3. The first kappa shape index (κ1) is 18.1. The van der Waals surface area contributed by atoms with Crippen molar-refractivity contribution in [1.82, 2.24) is 0 Å². The minimum absolute atomic E-state index is 0.774. The summed E-state index contributed by atoms with van der Waals surface area (Å²) < 4.78 is 0. The van der Waals surface area contributed by atoms with Crippen LogP contribution in [0.3, 0.4) is 0 Å². The Balaban J connectivity index is 2.81. The molecule has 0 atom stereocenters. The van der Waals surface area contributed by atoms with Crippen LogP contribution in [0.15, 0.2) is 24.3 Å². The van der Waals surface area contributed by atoms with Crippen LogP contribution in [0.1, 0.15) is 50.2 Å². The van der Waals surface area contributed by atoms with Gasteiger partial charge in [-0.15, -0.1) is 0 Å². The molecule has 0 heterocycles. The molecule has 3 nitrogen and oxygen atoms in total. The van der Waals surface area contributed by atoms with Crippen LogP contribution >= 0.6 is 7.94 Å². The Morgan fingerprint density at radius 1 is 0.609 bits per heavy atom. The number of rotatable bonds is 3. The van der Waals surface area contributed by atoms with Crippen molar-refractivity contribution in [2.75, 3.05) is 0 Å². The fraction of sp³-hybridized carbons (Fsp3) is 0.368. The van der Waals surface area contributed by atoms with Gasteiger partial charge in [-0.2, -0.15) is 0 Å². The molecule has 3 N–H and O–H groups in total. The predicted octanol–water partition coefficient (Wildman–Crippen LogP) is 4.10. The van der Waals surface area contributed by atoms with Gasteiger partial charge < -0.3 is 0 Å². The van der Waals surface area contributed by atoms with Gasteiger partial charge in [0, 0.05) is 0 Å². The fourth-order valence-corrected chi connectivity index (χ4v) is 5.51. The zero-order chi connectivity index (χ0) is 17.5. The summed E-state index contributed by atoms with van der Waals surface area (Å²) >= 11 is 0. The Morgan fingerprint density at radius 2 is 0.870 bits per heavy atom. The second kappa shape index (κ2) is 6.33. The van der Waals surface area contributed by atoms with Crippen LogP contribution in [0.4, 0.5) is 0 Å². The third-order valence-corrected chi connectivity index (χ3v) is 5.79. The first-order chi connectivity index (χ1) is 10.5. The Bertz CT molecular complexity index is 641. The summed E-state index contributed by atoms with van der Waals surface area (Å²) in [7, 11) is -4.43. The van der Waals surface area contributed by atoms with Crippen molar-refractivity contribution in [2.24, 2.45) is 0 Å². The molecule has 2 aromatic carbocycles. The van der Waals surface area contributed by atoms with Crippen LogP contribution in [0.5, 0.6) is 0 Å². The molecule has 126 valence electrons. The SMILES string of the molecule is Cc1cc(C)c(C(c2c(C)cc(C)cc2C)[PH](O)(O)O)c(C)c1. The van der Waals surface area contributed by atoms with Crippen molar-refractivity contribution < 1.29 is 14.7 Å². The Labute approximate surface area is 139 Å². The molecular weight excluding hydrogens is 307 g/mol. The van der Waals surface area contributed by atoms with Gasteiger partial charge in [0.2, 0.25) is 0 Å². The zero-order valence-corrected chi connectivity index (χ0v) is 15.7. The summed E-state index contributed by atoms with van der Waals surface area (Å²) in [4.78, 5) is 30.8. The molecule has 0 aromatic heterocycles. The number of aryl methyl sites for hydroxylation is 6. The molecule has 0 unspecified atom stereocenters. The van der Waals surface area contributed by atoms with Gasteiger partial charge in [0.25, 0.3) is 0 Å². The summed E-state index contributed by atoms with van der Waals surface area (Å²) in [6.45, 7) is 11.9. The molecule has 0 aliphatic carbocycles. The van der Waals surface area contributed by atoms with E-state index in [4.69, 9.17) is 0 Å². The van der Waals surface area contributed by atoms with E-state index in [9.17, 15) is 14.7 Å². The van der Waals surface area contributed by atoms with E-state index in [1.54, 1.807) is 0 Å². The van der Waals surface area contributed by atoms with E-state index >= 15 is 0 Å². The third kappa shape index (κ3) is 3.64. The van der Waals surface area contributed by atoms with E-state index in [0.717, 1.165) is 44.5 Å². The molecule has 0 saturated carbocycles. The van der Waals surface area contributed by atoms with Crippen LogP contribution < -0.4 is 0 Å². The second-order valence-corrected chi connectivity index (χ2v) is 8.70. The second-order valence-electron chi connectivity index (χ2n) is 6.75. The molecular formula is C19H27O3P. The molecule has 0 radical (unpaired) electrons. The van der Waals surface area contributed by atoms with E-state index in [2.05, 4.69) is 0 Å². The molecule has 0 spiro atoms. The number of benzene rings is 2. The van der Waals surface area contributed by atoms with Crippen molar-refractivity contribution >= 4 is 7.94 Å². The topological polar surface area (TPSA) is 60.7 Å². The van der Waals surface area contributed by atoms with Crippen LogP contribution in [0.2, 0.25) is 0 Å². The van der Waals surface area contributed by atoms with Gasteiger partial charge in [-0.1, -0.05) is 0 Å². The van der Waals surface area contributed by atoms with E-state index < -0.39 is 13.6 Å². The maximum absolute atomic E-state index is 10.3.